The number of H-pyrrole nitrogens is 1. The monoisotopic (exact) mass is 213 g/mol. The third-order valence-corrected chi connectivity index (χ3v) is 2.21. The summed E-state index contributed by atoms with van der Waals surface area (Å²) in [5.74, 6) is 0. The Kier molecular flexibility index (Phi) is 2.02. The molecular weight excluding hydrogens is 209 g/mol. The summed E-state index contributed by atoms with van der Waals surface area (Å²) in [7, 11) is 0. The lowest BCUT2D eigenvalue weighted by Crippen LogP contribution is -2.05. The highest BCUT2D eigenvalue weighted by atomic mass is 35.5. The molecule has 0 saturated heterocycles. The van der Waals surface area contributed by atoms with Gasteiger partial charge in [0, 0.05) is 10.4 Å². The Morgan fingerprint density at radius 1 is 1.15 bits per heavy atom. The molecule has 0 amide bonds. The van der Waals surface area contributed by atoms with E-state index in [2.05, 4.69) is 4.98 Å². The highest BCUT2D eigenvalue weighted by molar-refractivity contribution is 6.32. The van der Waals surface area contributed by atoms with Crippen LogP contribution < -0.4 is 5.56 Å². The van der Waals surface area contributed by atoms with Crippen LogP contribution in [0.3, 0.4) is 0 Å². The van der Waals surface area contributed by atoms with Gasteiger partial charge in [0.15, 0.2) is 0 Å². The fraction of sp³-hybridized carbons (Fsp3) is 0. The predicted octanol–water partition coefficient (Wildman–Crippen LogP) is 2.83. The van der Waals surface area contributed by atoms with Crippen LogP contribution in [0.25, 0.3) is 10.8 Å². The Balaban J connectivity index is 2.95. The number of aromatic nitrogens is 1. The van der Waals surface area contributed by atoms with Gasteiger partial charge in [0.2, 0.25) is 0 Å². The minimum atomic E-state index is -0.195. The van der Waals surface area contributed by atoms with Crippen LogP contribution in [-0.4, -0.2) is 4.98 Å². The van der Waals surface area contributed by atoms with E-state index in [-0.39, 0.29) is 5.56 Å². The van der Waals surface area contributed by atoms with Gasteiger partial charge in [-0.05, 0) is 29.7 Å². The van der Waals surface area contributed by atoms with Gasteiger partial charge >= 0.3 is 0 Å². The van der Waals surface area contributed by atoms with E-state index in [4.69, 9.17) is 23.2 Å². The van der Waals surface area contributed by atoms with Crippen molar-refractivity contribution in [2.24, 2.45) is 0 Å². The second-order valence-corrected chi connectivity index (χ2v) is 3.52. The molecule has 1 aromatic heterocycles. The molecule has 1 aromatic carbocycles. The molecule has 1 N–H and O–H groups in total. The number of halogens is 2. The van der Waals surface area contributed by atoms with Crippen molar-refractivity contribution < 1.29 is 0 Å². The lowest BCUT2D eigenvalue weighted by Gasteiger charge is -1.97. The number of hydrogen-bond donors (Lipinski definition) is 1. The number of aromatic amines is 1. The average molecular weight is 214 g/mol. The Labute approximate surface area is 84.1 Å². The first-order chi connectivity index (χ1) is 6.16. The highest BCUT2D eigenvalue weighted by Gasteiger charge is 2.00. The molecule has 66 valence electrons. The Hall–Kier alpha value is -0.990. The van der Waals surface area contributed by atoms with Crippen LogP contribution in [0.15, 0.2) is 29.1 Å². The van der Waals surface area contributed by atoms with Gasteiger partial charge in [-0.15, -0.1) is 0 Å². The van der Waals surface area contributed by atoms with Crippen molar-refractivity contribution in [2.75, 3.05) is 0 Å². The maximum Gasteiger partial charge on any atom is 0.256 e. The molecule has 0 radical (unpaired) electrons. The van der Waals surface area contributed by atoms with Gasteiger partial charge in [-0.3, -0.25) is 4.79 Å². The first-order valence-electron chi connectivity index (χ1n) is 3.65. The fourth-order valence-electron chi connectivity index (χ4n) is 1.21. The van der Waals surface area contributed by atoms with E-state index in [1.807, 2.05) is 0 Å². The van der Waals surface area contributed by atoms with Gasteiger partial charge in [-0.25, -0.2) is 0 Å². The van der Waals surface area contributed by atoms with Crippen molar-refractivity contribution in [3.8, 4) is 0 Å². The molecule has 0 unspecified atom stereocenters. The van der Waals surface area contributed by atoms with E-state index in [9.17, 15) is 4.79 Å². The van der Waals surface area contributed by atoms with Crippen LogP contribution in [0.5, 0.6) is 0 Å². The Morgan fingerprint density at radius 2 is 1.92 bits per heavy atom. The second kappa shape index (κ2) is 3.05. The summed E-state index contributed by atoms with van der Waals surface area (Å²) in [6.07, 6.45) is 0. The summed E-state index contributed by atoms with van der Waals surface area (Å²) >= 11 is 11.4. The molecule has 1 heterocycles. The Bertz CT molecular complexity index is 513. The third-order valence-electron chi connectivity index (χ3n) is 1.77. The van der Waals surface area contributed by atoms with E-state index in [1.165, 1.54) is 0 Å². The topological polar surface area (TPSA) is 32.9 Å². The Morgan fingerprint density at radius 3 is 2.69 bits per heavy atom. The number of hydrogen-bond acceptors (Lipinski definition) is 1. The summed E-state index contributed by atoms with van der Waals surface area (Å²) in [4.78, 5) is 13.8. The summed E-state index contributed by atoms with van der Waals surface area (Å²) in [5, 5.41) is 2.25. The van der Waals surface area contributed by atoms with Crippen molar-refractivity contribution in [3.63, 3.8) is 0 Å². The number of fused-ring (bicyclic) bond motifs is 1. The summed E-state index contributed by atoms with van der Waals surface area (Å²) < 4.78 is 0. The molecule has 0 fully saturated rings. The third kappa shape index (κ3) is 1.55. The smallest absolute Gasteiger partial charge is 0.256 e. The van der Waals surface area contributed by atoms with Crippen LogP contribution in [-0.2, 0) is 0 Å². The lowest BCUT2D eigenvalue weighted by molar-refractivity contribution is 1.28. The molecule has 0 saturated carbocycles. The quantitative estimate of drug-likeness (QED) is 0.672. The van der Waals surface area contributed by atoms with Crippen molar-refractivity contribution in [2.45, 2.75) is 0 Å². The van der Waals surface area contributed by atoms with Crippen molar-refractivity contribution in [1.82, 2.24) is 4.98 Å². The molecular formula is C9H5Cl2NO. The van der Waals surface area contributed by atoms with E-state index < -0.39 is 0 Å². The van der Waals surface area contributed by atoms with Gasteiger partial charge in [-0.2, -0.15) is 0 Å². The summed E-state index contributed by atoms with van der Waals surface area (Å²) in [6, 6.07) is 6.72. The first-order valence-corrected chi connectivity index (χ1v) is 4.40. The maximum atomic E-state index is 11.3. The van der Waals surface area contributed by atoms with Gasteiger partial charge < -0.3 is 4.98 Å². The van der Waals surface area contributed by atoms with E-state index in [0.29, 0.717) is 15.6 Å². The van der Waals surface area contributed by atoms with Gasteiger partial charge in [0.1, 0.15) is 5.15 Å². The zero-order valence-electron chi connectivity index (χ0n) is 6.47. The molecule has 2 rings (SSSR count). The zero-order chi connectivity index (χ0) is 9.42. The van der Waals surface area contributed by atoms with Crippen molar-refractivity contribution in [1.29, 1.82) is 0 Å². The highest BCUT2D eigenvalue weighted by Crippen LogP contribution is 2.18. The molecule has 0 bridgehead atoms. The number of nitrogens with one attached hydrogen (secondary N) is 1. The normalized spacial score (nSPS) is 10.6. The minimum absolute atomic E-state index is 0.195. The first kappa shape index (κ1) is 8.60. The fourth-order valence-corrected chi connectivity index (χ4v) is 1.59. The van der Waals surface area contributed by atoms with Crippen LogP contribution in [0.1, 0.15) is 0 Å². The molecule has 4 heteroatoms. The standard InChI is InChI=1S/C9H5Cl2NO/c10-6-1-2-7-5(3-6)4-8(11)12-9(7)13/h1-4H,(H,12,13). The summed E-state index contributed by atoms with van der Waals surface area (Å²) in [6.45, 7) is 0. The molecule has 2 aromatic rings. The van der Waals surface area contributed by atoms with E-state index >= 15 is 0 Å². The molecule has 13 heavy (non-hydrogen) atoms. The zero-order valence-corrected chi connectivity index (χ0v) is 7.99. The second-order valence-electron chi connectivity index (χ2n) is 2.68. The minimum Gasteiger partial charge on any atom is -0.312 e. The van der Waals surface area contributed by atoms with E-state index in [0.717, 1.165) is 5.39 Å². The molecule has 0 aliphatic heterocycles. The van der Waals surface area contributed by atoms with Gasteiger partial charge in [0.25, 0.3) is 5.56 Å². The SMILES string of the molecule is O=c1[nH]c(Cl)cc2cc(Cl)ccc12. The molecule has 0 atom stereocenters. The number of pyridine rings is 1. The average Bonchev–Trinajstić information content (AvgIpc) is 2.02. The van der Waals surface area contributed by atoms with Crippen LogP contribution in [0.4, 0.5) is 0 Å². The maximum absolute atomic E-state index is 11.3. The van der Waals surface area contributed by atoms with Crippen LogP contribution in [0, 0.1) is 0 Å². The summed E-state index contributed by atoms with van der Waals surface area (Å²) in [5.41, 5.74) is -0.195. The number of rotatable bonds is 0. The van der Waals surface area contributed by atoms with Crippen LogP contribution in [0.2, 0.25) is 10.2 Å². The van der Waals surface area contributed by atoms with E-state index in [1.54, 1.807) is 24.3 Å². The van der Waals surface area contributed by atoms with Gasteiger partial charge in [0.05, 0.1) is 0 Å². The predicted molar refractivity (Wildman–Crippen MR) is 54.6 cm³/mol. The molecule has 0 aliphatic carbocycles. The van der Waals surface area contributed by atoms with Crippen molar-refractivity contribution >= 4 is 34.0 Å². The van der Waals surface area contributed by atoms with Gasteiger partial charge in [-0.1, -0.05) is 23.2 Å². The number of benzene rings is 1. The van der Waals surface area contributed by atoms with Crippen LogP contribution >= 0.6 is 23.2 Å². The molecule has 0 aliphatic rings. The van der Waals surface area contributed by atoms with Crippen molar-refractivity contribution in [3.05, 3.63) is 44.8 Å². The lowest BCUT2D eigenvalue weighted by atomic mass is 10.2. The molecule has 2 nitrogen and oxygen atoms in total. The molecule has 0 spiro atoms. The largest absolute Gasteiger partial charge is 0.312 e.